The molecule has 1 aromatic carbocycles. The molecule has 8 nitrogen and oxygen atoms in total. The Morgan fingerprint density at radius 2 is 1.89 bits per heavy atom. The maximum absolute atomic E-state index is 12.1. The number of rotatable bonds is 8. The van der Waals surface area contributed by atoms with Crippen LogP contribution >= 0.6 is 12.2 Å². The van der Waals surface area contributed by atoms with Crippen LogP contribution in [0.3, 0.4) is 0 Å². The average molecular weight is 397 g/mol. The topological polar surface area (TPSA) is 84.1 Å². The van der Waals surface area contributed by atoms with E-state index in [0.717, 1.165) is 38.6 Å². The molecule has 1 fully saturated rings. The van der Waals surface area contributed by atoms with E-state index in [1.54, 1.807) is 31.2 Å². The molecule has 0 bridgehead atoms. The van der Waals surface area contributed by atoms with Crippen molar-refractivity contribution in [3.8, 4) is 11.5 Å². The van der Waals surface area contributed by atoms with E-state index < -0.39 is 6.10 Å². The van der Waals surface area contributed by atoms with E-state index in [1.165, 1.54) is 0 Å². The predicted octanol–water partition coefficient (Wildman–Crippen LogP) is 0.680. The van der Waals surface area contributed by atoms with Crippen LogP contribution in [-0.2, 0) is 9.53 Å². The Morgan fingerprint density at radius 1 is 1.22 bits per heavy atom. The summed E-state index contributed by atoms with van der Waals surface area (Å²) >= 11 is 5.16. The zero-order valence-corrected chi connectivity index (χ0v) is 16.6. The van der Waals surface area contributed by atoms with Crippen LogP contribution in [0.5, 0.6) is 11.5 Å². The van der Waals surface area contributed by atoms with Crippen molar-refractivity contribution in [2.75, 3.05) is 46.0 Å². The molecule has 1 saturated heterocycles. The highest BCUT2D eigenvalue weighted by atomic mass is 32.1. The largest absolute Gasteiger partial charge is 0.494 e. The molecule has 1 aliphatic rings. The molecular formula is C18H28N4O4S. The van der Waals surface area contributed by atoms with E-state index in [1.807, 2.05) is 6.92 Å². The zero-order valence-electron chi connectivity index (χ0n) is 15.8. The van der Waals surface area contributed by atoms with Crippen molar-refractivity contribution in [1.82, 2.24) is 21.1 Å². The molecule has 1 atom stereocenters. The Hall–Kier alpha value is -2.10. The monoisotopic (exact) mass is 396 g/mol. The van der Waals surface area contributed by atoms with Gasteiger partial charge < -0.3 is 19.5 Å². The van der Waals surface area contributed by atoms with E-state index in [-0.39, 0.29) is 5.91 Å². The second-order valence-corrected chi connectivity index (χ2v) is 6.40. The highest BCUT2D eigenvalue weighted by molar-refractivity contribution is 7.80. The third-order valence-corrected chi connectivity index (χ3v) is 4.18. The van der Waals surface area contributed by atoms with Gasteiger partial charge in [-0.15, -0.1) is 0 Å². The van der Waals surface area contributed by atoms with Crippen molar-refractivity contribution in [3.63, 3.8) is 0 Å². The first-order valence-corrected chi connectivity index (χ1v) is 9.52. The molecule has 2 rings (SSSR count). The number of nitrogens with one attached hydrogen (secondary N) is 3. The third kappa shape index (κ3) is 7.98. The molecule has 3 N–H and O–H groups in total. The van der Waals surface area contributed by atoms with E-state index in [0.29, 0.717) is 24.0 Å². The van der Waals surface area contributed by atoms with Gasteiger partial charge in [0.1, 0.15) is 11.5 Å². The summed E-state index contributed by atoms with van der Waals surface area (Å²) in [5, 5.41) is 3.43. The lowest BCUT2D eigenvalue weighted by Crippen LogP contribution is -2.51. The fraction of sp³-hybridized carbons (Fsp3) is 0.556. The number of morpholine rings is 1. The van der Waals surface area contributed by atoms with Gasteiger partial charge in [0.2, 0.25) is 0 Å². The maximum Gasteiger partial charge on any atom is 0.279 e. The number of ether oxygens (including phenoxy) is 3. The van der Waals surface area contributed by atoms with Crippen LogP contribution in [0.25, 0.3) is 0 Å². The van der Waals surface area contributed by atoms with Gasteiger partial charge in [-0.25, -0.2) is 0 Å². The van der Waals surface area contributed by atoms with Crippen LogP contribution in [0.1, 0.15) is 13.8 Å². The van der Waals surface area contributed by atoms with Crippen LogP contribution in [0, 0.1) is 0 Å². The number of hydrazine groups is 1. The lowest BCUT2D eigenvalue weighted by atomic mass is 10.3. The number of hydrogen-bond donors (Lipinski definition) is 3. The molecule has 1 aromatic rings. The van der Waals surface area contributed by atoms with Gasteiger partial charge in [-0.3, -0.25) is 20.5 Å². The Kier molecular flexibility index (Phi) is 9.09. The number of thiocarbonyl (C=S) groups is 1. The smallest absolute Gasteiger partial charge is 0.279 e. The molecule has 27 heavy (non-hydrogen) atoms. The van der Waals surface area contributed by atoms with Crippen LogP contribution in [-0.4, -0.2) is 68.0 Å². The second kappa shape index (κ2) is 11.6. The van der Waals surface area contributed by atoms with Crippen molar-refractivity contribution in [1.29, 1.82) is 0 Å². The molecule has 0 spiro atoms. The van der Waals surface area contributed by atoms with Crippen LogP contribution in [0.4, 0.5) is 0 Å². The average Bonchev–Trinajstić information content (AvgIpc) is 2.68. The number of hydrogen-bond acceptors (Lipinski definition) is 6. The quantitative estimate of drug-likeness (QED) is 0.437. The van der Waals surface area contributed by atoms with Gasteiger partial charge in [0.05, 0.1) is 19.8 Å². The molecule has 0 unspecified atom stereocenters. The summed E-state index contributed by atoms with van der Waals surface area (Å²) in [6.07, 6.45) is -0.674. The molecular weight excluding hydrogens is 368 g/mol. The molecule has 1 amide bonds. The summed E-state index contributed by atoms with van der Waals surface area (Å²) in [6.45, 7) is 9.16. The summed E-state index contributed by atoms with van der Waals surface area (Å²) in [5.74, 6) is 1.03. The minimum absolute atomic E-state index is 0.318. The minimum atomic E-state index is -0.674. The standard InChI is InChI=1S/C18H28N4O4S/c1-3-25-15-4-6-16(7-5-15)26-14(2)17(23)20-21-18(27)19-8-9-22-10-12-24-13-11-22/h4-7,14H,3,8-13H2,1-2H3,(H,20,23)(H2,19,21,27)/t14-/m0/s1. The molecule has 0 saturated carbocycles. The highest BCUT2D eigenvalue weighted by Gasteiger charge is 2.15. The van der Waals surface area contributed by atoms with E-state index in [4.69, 9.17) is 26.4 Å². The van der Waals surface area contributed by atoms with Gasteiger partial charge >= 0.3 is 0 Å². The number of carbonyl (C=O) groups is 1. The second-order valence-electron chi connectivity index (χ2n) is 5.99. The van der Waals surface area contributed by atoms with Gasteiger partial charge in [0.15, 0.2) is 11.2 Å². The molecule has 150 valence electrons. The molecule has 1 heterocycles. The Morgan fingerprint density at radius 3 is 2.56 bits per heavy atom. The van der Waals surface area contributed by atoms with Gasteiger partial charge in [-0.1, -0.05) is 0 Å². The molecule has 9 heteroatoms. The highest BCUT2D eigenvalue weighted by Crippen LogP contribution is 2.18. The van der Waals surface area contributed by atoms with Crippen molar-refractivity contribution < 1.29 is 19.0 Å². The van der Waals surface area contributed by atoms with Crippen LogP contribution in [0.15, 0.2) is 24.3 Å². The molecule has 0 radical (unpaired) electrons. The van der Waals surface area contributed by atoms with Gasteiger partial charge in [-0.05, 0) is 50.3 Å². The third-order valence-electron chi connectivity index (χ3n) is 3.93. The number of amides is 1. The van der Waals surface area contributed by atoms with E-state index in [9.17, 15) is 4.79 Å². The van der Waals surface area contributed by atoms with Gasteiger partial charge in [0, 0.05) is 26.2 Å². The van der Waals surface area contributed by atoms with Crippen molar-refractivity contribution >= 4 is 23.2 Å². The van der Waals surface area contributed by atoms with Crippen LogP contribution < -0.4 is 25.6 Å². The van der Waals surface area contributed by atoms with Crippen molar-refractivity contribution in [2.24, 2.45) is 0 Å². The summed E-state index contributed by atoms with van der Waals surface area (Å²) in [7, 11) is 0. The van der Waals surface area contributed by atoms with Gasteiger partial charge in [0.25, 0.3) is 5.91 Å². The summed E-state index contributed by atoms with van der Waals surface area (Å²) < 4.78 is 16.3. The number of benzene rings is 1. The number of nitrogens with zero attached hydrogens (tertiary/aromatic N) is 1. The first kappa shape index (κ1) is 21.2. The van der Waals surface area contributed by atoms with Crippen molar-refractivity contribution in [3.05, 3.63) is 24.3 Å². The van der Waals surface area contributed by atoms with Crippen LogP contribution in [0.2, 0.25) is 0 Å². The first-order chi connectivity index (χ1) is 13.1. The van der Waals surface area contributed by atoms with Crippen molar-refractivity contribution in [2.45, 2.75) is 20.0 Å². The maximum atomic E-state index is 12.1. The molecule has 0 aliphatic carbocycles. The summed E-state index contributed by atoms with van der Waals surface area (Å²) in [4.78, 5) is 14.4. The number of carbonyl (C=O) groups excluding carboxylic acids is 1. The summed E-state index contributed by atoms with van der Waals surface area (Å²) in [6, 6.07) is 7.13. The Bertz CT molecular complexity index is 594. The molecule has 0 aromatic heterocycles. The Balaban J connectivity index is 1.62. The SMILES string of the molecule is CCOc1ccc(O[C@@H](C)C(=O)NNC(=S)NCCN2CCOCC2)cc1. The van der Waals surface area contributed by atoms with E-state index in [2.05, 4.69) is 21.1 Å². The van der Waals surface area contributed by atoms with E-state index >= 15 is 0 Å². The normalized spacial score (nSPS) is 15.5. The fourth-order valence-electron chi connectivity index (χ4n) is 2.46. The minimum Gasteiger partial charge on any atom is -0.494 e. The first-order valence-electron chi connectivity index (χ1n) is 9.11. The summed E-state index contributed by atoms with van der Waals surface area (Å²) in [5.41, 5.74) is 5.24. The molecule has 1 aliphatic heterocycles. The lowest BCUT2D eigenvalue weighted by molar-refractivity contribution is -0.127. The lowest BCUT2D eigenvalue weighted by Gasteiger charge is -2.26. The fourth-order valence-corrected chi connectivity index (χ4v) is 2.61. The predicted molar refractivity (Wildman–Crippen MR) is 107 cm³/mol. The Labute approximate surface area is 165 Å². The van der Waals surface area contributed by atoms with Gasteiger partial charge in [-0.2, -0.15) is 0 Å². The zero-order chi connectivity index (χ0) is 19.5.